The molecular formula is C31H47N7O4Si. The Morgan fingerprint density at radius 1 is 1.21 bits per heavy atom. The number of aromatic nitrogens is 3. The van der Waals surface area contributed by atoms with Crippen molar-refractivity contribution in [2.24, 2.45) is 5.92 Å². The highest BCUT2D eigenvalue weighted by Gasteiger charge is 2.35. The van der Waals surface area contributed by atoms with Crippen LogP contribution >= 0.6 is 0 Å². The van der Waals surface area contributed by atoms with Crippen LogP contribution in [0.15, 0.2) is 36.7 Å². The predicted octanol–water partition coefficient (Wildman–Crippen LogP) is 4.59. The molecule has 1 aromatic carbocycles. The SMILES string of the molecule is C[C@H]1CC[C@H](c2cccc(OC[C@H](C)N(C)C)c2)N(C(=O)C(=O)Nc2cnc(N)c3cnn(COCC[Si](C)(C)C)c23)C1. The van der Waals surface area contributed by atoms with E-state index in [9.17, 15) is 9.59 Å². The normalized spacial score (nSPS) is 18.2. The Balaban J connectivity index is 1.52. The Morgan fingerprint density at radius 3 is 2.70 bits per heavy atom. The number of likely N-dealkylation sites (tertiary alicyclic amines) is 1. The number of hydrogen-bond donors (Lipinski definition) is 2. The number of carbonyl (C=O) groups excluding carboxylic acids is 2. The first-order chi connectivity index (χ1) is 20.3. The average molecular weight is 610 g/mol. The number of amides is 2. The summed E-state index contributed by atoms with van der Waals surface area (Å²) in [4.78, 5) is 35.2. The highest BCUT2D eigenvalue weighted by molar-refractivity contribution is 6.76. The molecule has 0 saturated carbocycles. The molecule has 3 heterocycles. The summed E-state index contributed by atoms with van der Waals surface area (Å²) in [5.74, 6) is -0.0110. The van der Waals surface area contributed by atoms with Crippen molar-refractivity contribution in [3.05, 3.63) is 42.2 Å². The minimum absolute atomic E-state index is 0.200. The van der Waals surface area contributed by atoms with Gasteiger partial charge < -0.3 is 30.3 Å². The molecule has 12 heteroatoms. The van der Waals surface area contributed by atoms with Crippen molar-refractivity contribution in [3.63, 3.8) is 0 Å². The van der Waals surface area contributed by atoms with Crippen molar-refractivity contribution in [1.29, 1.82) is 0 Å². The first-order valence-electron chi connectivity index (χ1n) is 15.0. The lowest BCUT2D eigenvalue weighted by Gasteiger charge is -2.38. The maximum atomic E-state index is 13.7. The number of ether oxygens (including phenoxy) is 2. The van der Waals surface area contributed by atoms with E-state index >= 15 is 0 Å². The average Bonchev–Trinajstić information content (AvgIpc) is 3.39. The van der Waals surface area contributed by atoms with Crippen LogP contribution in [0.1, 0.15) is 38.3 Å². The van der Waals surface area contributed by atoms with Crippen LogP contribution in [0.25, 0.3) is 10.9 Å². The monoisotopic (exact) mass is 609 g/mol. The molecule has 4 rings (SSSR count). The number of fused-ring (bicyclic) bond motifs is 1. The fourth-order valence-electron chi connectivity index (χ4n) is 5.05. The summed E-state index contributed by atoms with van der Waals surface area (Å²) >= 11 is 0. The Bertz CT molecular complexity index is 1420. The first-order valence-corrected chi connectivity index (χ1v) is 18.7. The van der Waals surface area contributed by atoms with Gasteiger partial charge in [0.1, 0.15) is 24.9 Å². The largest absolute Gasteiger partial charge is 0.492 e. The lowest BCUT2D eigenvalue weighted by Crippen LogP contribution is -2.46. The molecule has 1 aliphatic rings. The number of nitrogens with zero attached hydrogens (tertiary/aromatic N) is 5. The van der Waals surface area contributed by atoms with Crippen LogP contribution in [0.2, 0.25) is 25.7 Å². The maximum absolute atomic E-state index is 13.7. The summed E-state index contributed by atoms with van der Waals surface area (Å²) in [6, 6.07) is 8.88. The molecule has 0 aliphatic carbocycles. The zero-order chi connectivity index (χ0) is 31.3. The maximum Gasteiger partial charge on any atom is 0.314 e. The molecule has 3 aromatic rings. The van der Waals surface area contributed by atoms with E-state index in [1.165, 1.54) is 6.20 Å². The van der Waals surface area contributed by atoms with E-state index in [0.717, 1.165) is 30.2 Å². The van der Waals surface area contributed by atoms with Crippen LogP contribution in [0.5, 0.6) is 5.75 Å². The smallest absolute Gasteiger partial charge is 0.314 e. The summed E-state index contributed by atoms with van der Waals surface area (Å²) in [6.07, 6.45) is 4.79. The third kappa shape index (κ3) is 8.33. The van der Waals surface area contributed by atoms with Gasteiger partial charge in [-0.25, -0.2) is 9.67 Å². The van der Waals surface area contributed by atoms with E-state index in [1.807, 2.05) is 38.4 Å². The second-order valence-corrected chi connectivity index (χ2v) is 18.7. The third-order valence-corrected chi connectivity index (χ3v) is 9.75. The number of piperidine rings is 1. The zero-order valence-electron chi connectivity index (χ0n) is 26.6. The minimum atomic E-state index is -1.25. The van der Waals surface area contributed by atoms with Crippen LogP contribution in [-0.4, -0.2) is 84.3 Å². The molecule has 1 fully saturated rings. The van der Waals surface area contributed by atoms with Gasteiger partial charge in [-0.1, -0.05) is 38.7 Å². The number of nitrogens with two attached hydrogens (primary N) is 1. The number of rotatable bonds is 11. The standard InChI is InChI=1S/C31H47N7O4Si/c1-21-11-12-27(23-9-8-10-24(15-23)42-19-22(2)36(3)4)37(18-21)31(40)30(39)35-26-17-33-29(32)25-16-34-38(28(25)26)20-41-13-14-43(5,6)7/h8-10,15-17,21-22,27H,11-14,18-20H2,1-7H3,(H2,32,33)(H,35,39)/t21-,22-,27+/m0/s1. The fourth-order valence-corrected chi connectivity index (χ4v) is 5.80. The topological polar surface area (TPSA) is 128 Å². The molecule has 3 N–H and O–H groups in total. The fraction of sp³-hybridized carbons (Fsp3) is 0.548. The van der Waals surface area contributed by atoms with E-state index in [0.29, 0.717) is 42.2 Å². The molecule has 43 heavy (non-hydrogen) atoms. The van der Waals surface area contributed by atoms with Gasteiger partial charge in [0.15, 0.2) is 0 Å². The number of benzene rings is 1. The molecular weight excluding hydrogens is 562 g/mol. The van der Waals surface area contributed by atoms with Gasteiger partial charge in [-0.05, 0) is 63.5 Å². The number of hydrogen-bond acceptors (Lipinski definition) is 8. The summed E-state index contributed by atoms with van der Waals surface area (Å²) in [6.45, 7) is 12.9. The number of pyridine rings is 1. The van der Waals surface area contributed by atoms with E-state index in [1.54, 1.807) is 15.8 Å². The van der Waals surface area contributed by atoms with Gasteiger partial charge in [0.2, 0.25) is 0 Å². The van der Waals surface area contributed by atoms with Gasteiger partial charge in [-0.15, -0.1) is 0 Å². The molecule has 2 aromatic heterocycles. The van der Waals surface area contributed by atoms with Gasteiger partial charge in [-0.2, -0.15) is 5.10 Å². The van der Waals surface area contributed by atoms with Crippen molar-refractivity contribution >= 4 is 42.3 Å². The van der Waals surface area contributed by atoms with E-state index in [-0.39, 0.29) is 24.7 Å². The minimum Gasteiger partial charge on any atom is -0.492 e. The molecule has 1 aliphatic heterocycles. The summed E-state index contributed by atoms with van der Waals surface area (Å²) in [7, 11) is 2.79. The zero-order valence-corrected chi connectivity index (χ0v) is 27.6. The van der Waals surface area contributed by atoms with Crippen LogP contribution < -0.4 is 15.8 Å². The van der Waals surface area contributed by atoms with Crippen LogP contribution in [0.3, 0.4) is 0 Å². The van der Waals surface area contributed by atoms with E-state index in [2.05, 4.69) is 53.8 Å². The van der Waals surface area contributed by atoms with Gasteiger partial charge in [0.05, 0.1) is 35.0 Å². The molecule has 0 unspecified atom stereocenters. The second-order valence-electron chi connectivity index (χ2n) is 13.1. The number of anilines is 2. The van der Waals surface area contributed by atoms with Crippen molar-refractivity contribution < 1.29 is 19.1 Å². The van der Waals surface area contributed by atoms with Gasteiger partial charge >= 0.3 is 11.8 Å². The lowest BCUT2D eigenvalue weighted by molar-refractivity contribution is -0.146. The molecule has 11 nitrogen and oxygen atoms in total. The van der Waals surface area contributed by atoms with Crippen molar-refractivity contribution in [2.75, 3.05) is 44.9 Å². The van der Waals surface area contributed by atoms with Gasteiger partial charge in [0.25, 0.3) is 0 Å². The highest BCUT2D eigenvalue weighted by Crippen LogP contribution is 2.35. The number of nitrogen functional groups attached to an aromatic ring is 1. The van der Waals surface area contributed by atoms with Crippen LogP contribution in [0.4, 0.5) is 11.5 Å². The molecule has 0 spiro atoms. The van der Waals surface area contributed by atoms with Crippen LogP contribution in [0, 0.1) is 5.92 Å². The van der Waals surface area contributed by atoms with Gasteiger partial charge in [-0.3, -0.25) is 9.59 Å². The van der Waals surface area contributed by atoms with Gasteiger partial charge in [0, 0.05) is 27.3 Å². The van der Waals surface area contributed by atoms with Crippen molar-refractivity contribution in [3.8, 4) is 5.75 Å². The summed E-state index contributed by atoms with van der Waals surface area (Å²) in [5.41, 5.74) is 8.01. The van der Waals surface area contributed by atoms with Crippen molar-refractivity contribution in [1.82, 2.24) is 24.6 Å². The Labute approximate surface area is 255 Å². The van der Waals surface area contributed by atoms with E-state index < -0.39 is 19.9 Å². The Kier molecular flexibility index (Phi) is 10.5. The predicted molar refractivity (Wildman–Crippen MR) is 173 cm³/mol. The molecule has 3 atom stereocenters. The molecule has 0 bridgehead atoms. The molecule has 234 valence electrons. The number of nitrogens with one attached hydrogen (secondary N) is 1. The molecule has 0 radical (unpaired) electrons. The Morgan fingerprint density at radius 2 is 1.98 bits per heavy atom. The van der Waals surface area contributed by atoms with Crippen molar-refractivity contribution in [2.45, 2.75) is 71.2 Å². The summed E-state index contributed by atoms with van der Waals surface area (Å²) in [5, 5.41) is 7.81. The quantitative estimate of drug-likeness (QED) is 0.184. The number of likely N-dealkylation sites (N-methyl/N-ethyl adjacent to an activating group) is 1. The Hall–Kier alpha value is -3.48. The molecule has 2 amide bonds. The first kappa shape index (κ1) is 32.4. The lowest BCUT2D eigenvalue weighted by atomic mass is 9.89. The third-order valence-electron chi connectivity index (χ3n) is 8.05. The number of carbonyl (C=O) groups is 2. The molecule has 1 saturated heterocycles. The summed E-state index contributed by atoms with van der Waals surface area (Å²) < 4.78 is 13.6. The highest BCUT2D eigenvalue weighted by atomic mass is 28.3. The second kappa shape index (κ2) is 13.9. The van der Waals surface area contributed by atoms with Crippen LogP contribution in [-0.2, 0) is 21.1 Å². The van der Waals surface area contributed by atoms with E-state index in [4.69, 9.17) is 15.2 Å².